The first kappa shape index (κ1) is 12.3. The van der Waals surface area contributed by atoms with E-state index in [0.29, 0.717) is 5.71 Å². The highest BCUT2D eigenvalue weighted by Crippen LogP contribution is 2.22. The number of nitrogens with one attached hydrogen (secondary N) is 1. The molecule has 0 saturated carbocycles. The van der Waals surface area contributed by atoms with E-state index in [9.17, 15) is 4.79 Å². The molecule has 0 aliphatic carbocycles. The van der Waals surface area contributed by atoms with E-state index in [0.717, 1.165) is 16.8 Å². The Morgan fingerprint density at radius 2 is 1.80 bits per heavy atom. The van der Waals surface area contributed by atoms with Crippen LogP contribution in [0.15, 0.2) is 58.7 Å². The van der Waals surface area contributed by atoms with Gasteiger partial charge in [0.25, 0.3) is 5.91 Å². The zero-order chi connectivity index (χ0) is 13.9. The van der Waals surface area contributed by atoms with E-state index < -0.39 is 0 Å². The van der Waals surface area contributed by atoms with Gasteiger partial charge in [-0.05, 0) is 18.6 Å². The van der Waals surface area contributed by atoms with Gasteiger partial charge in [-0.15, -0.1) is 5.10 Å². The fourth-order valence-corrected chi connectivity index (χ4v) is 2.01. The maximum absolute atomic E-state index is 11.8. The molecule has 1 amide bonds. The van der Waals surface area contributed by atoms with Crippen molar-refractivity contribution in [3.63, 3.8) is 0 Å². The first-order chi connectivity index (χ1) is 9.74. The molecule has 3 rings (SSSR count). The Morgan fingerprint density at radius 1 is 1.05 bits per heavy atom. The number of benzene rings is 2. The predicted octanol–water partition coefficient (Wildman–Crippen LogP) is 2.77. The topological polar surface area (TPSA) is 53.8 Å². The van der Waals surface area contributed by atoms with Crippen LogP contribution in [-0.4, -0.2) is 17.8 Å². The third-order valence-electron chi connectivity index (χ3n) is 3.09. The van der Waals surface area contributed by atoms with Crippen molar-refractivity contribution in [3.8, 4) is 0 Å². The van der Waals surface area contributed by atoms with Crippen LogP contribution in [0.25, 0.3) is 0 Å². The molecule has 0 bridgehead atoms. The van der Waals surface area contributed by atoms with Crippen LogP contribution in [0.3, 0.4) is 0 Å². The summed E-state index contributed by atoms with van der Waals surface area (Å²) >= 11 is 0. The number of fused-ring (bicyclic) bond motifs is 1. The first-order valence-corrected chi connectivity index (χ1v) is 6.32. The van der Waals surface area contributed by atoms with Gasteiger partial charge in [-0.2, -0.15) is 5.10 Å². The summed E-state index contributed by atoms with van der Waals surface area (Å²) in [4.78, 5) is 11.8. The van der Waals surface area contributed by atoms with Crippen molar-refractivity contribution in [3.05, 3.63) is 65.2 Å². The number of hydrogen-bond acceptors (Lipinski definition) is 3. The maximum Gasteiger partial charge on any atom is 0.276 e. The van der Waals surface area contributed by atoms with Crippen LogP contribution in [0, 0.1) is 6.92 Å². The van der Waals surface area contributed by atoms with Gasteiger partial charge in [-0.25, -0.2) is 0 Å². The molecule has 98 valence electrons. The van der Waals surface area contributed by atoms with E-state index in [-0.39, 0.29) is 5.91 Å². The van der Waals surface area contributed by atoms with Gasteiger partial charge in [0, 0.05) is 5.56 Å². The number of carbonyl (C=O) groups excluding carboxylic acids is 1. The second kappa shape index (κ2) is 5.09. The molecule has 1 heterocycles. The molecule has 0 fully saturated rings. The minimum atomic E-state index is -0.216. The lowest BCUT2D eigenvalue weighted by atomic mass is 10.1. The van der Waals surface area contributed by atoms with Crippen molar-refractivity contribution in [1.29, 1.82) is 0 Å². The lowest BCUT2D eigenvalue weighted by Crippen LogP contribution is -2.13. The number of rotatable bonds is 2. The van der Waals surface area contributed by atoms with Crippen molar-refractivity contribution in [2.75, 3.05) is 5.32 Å². The highest BCUT2D eigenvalue weighted by atomic mass is 16.2. The lowest BCUT2D eigenvalue weighted by molar-refractivity contribution is -0.110. The quantitative estimate of drug-likeness (QED) is 0.657. The van der Waals surface area contributed by atoms with Crippen LogP contribution in [0.5, 0.6) is 0 Å². The van der Waals surface area contributed by atoms with Crippen LogP contribution in [0.2, 0.25) is 0 Å². The summed E-state index contributed by atoms with van der Waals surface area (Å²) in [6.07, 6.45) is 1.64. The second-order valence-electron chi connectivity index (χ2n) is 4.60. The van der Waals surface area contributed by atoms with Gasteiger partial charge in [-0.1, -0.05) is 48.0 Å². The van der Waals surface area contributed by atoms with E-state index in [1.54, 1.807) is 6.21 Å². The summed E-state index contributed by atoms with van der Waals surface area (Å²) in [5.41, 5.74) is 4.06. The summed E-state index contributed by atoms with van der Waals surface area (Å²) in [5.74, 6) is -0.216. The normalized spacial score (nSPS) is 15.7. The van der Waals surface area contributed by atoms with Gasteiger partial charge in [0.2, 0.25) is 0 Å². The standard InChI is InChI=1S/C16H13N3O/c1-11-6-8-12(9-7-11)10-17-19-15-13-4-2-3-5-14(13)18-16(15)20/h2-10H,1H3,(H,18,19,20). The molecule has 1 N–H and O–H groups in total. The molecular formula is C16H13N3O. The van der Waals surface area contributed by atoms with E-state index >= 15 is 0 Å². The van der Waals surface area contributed by atoms with Crippen molar-refractivity contribution in [2.24, 2.45) is 10.2 Å². The molecule has 4 heteroatoms. The van der Waals surface area contributed by atoms with Gasteiger partial charge in [0.05, 0.1) is 11.9 Å². The summed E-state index contributed by atoms with van der Waals surface area (Å²) < 4.78 is 0. The fourth-order valence-electron chi connectivity index (χ4n) is 2.01. The first-order valence-electron chi connectivity index (χ1n) is 6.32. The molecule has 0 radical (unpaired) electrons. The molecule has 0 unspecified atom stereocenters. The number of anilines is 1. The van der Waals surface area contributed by atoms with Gasteiger partial charge in [0.15, 0.2) is 5.71 Å². The van der Waals surface area contributed by atoms with Crippen molar-refractivity contribution in [2.45, 2.75) is 6.92 Å². The molecule has 20 heavy (non-hydrogen) atoms. The molecule has 0 atom stereocenters. The minimum Gasteiger partial charge on any atom is -0.320 e. The lowest BCUT2D eigenvalue weighted by Gasteiger charge is -1.94. The molecule has 4 nitrogen and oxygen atoms in total. The van der Waals surface area contributed by atoms with Gasteiger partial charge >= 0.3 is 0 Å². The summed E-state index contributed by atoms with van der Waals surface area (Å²) in [5, 5.41) is 10.8. The van der Waals surface area contributed by atoms with Crippen molar-refractivity contribution < 1.29 is 4.79 Å². The molecule has 2 aromatic rings. The van der Waals surface area contributed by atoms with Gasteiger partial charge in [0.1, 0.15) is 0 Å². The Morgan fingerprint density at radius 3 is 2.60 bits per heavy atom. The van der Waals surface area contributed by atoms with Crippen LogP contribution in [0.1, 0.15) is 16.7 Å². The number of carbonyl (C=O) groups is 1. The summed E-state index contributed by atoms with van der Waals surface area (Å²) in [6, 6.07) is 15.4. The molecule has 0 aromatic heterocycles. The highest BCUT2D eigenvalue weighted by Gasteiger charge is 2.25. The summed E-state index contributed by atoms with van der Waals surface area (Å²) in [6.45, 7) is 2.03. The van der Waals surface area contributed by atoms with Crippen molar-refractivity contribution >= 4 is 23.5 Å². The van der Waals surface area contributed by atoms with Crippen LogP contribution < -0.4 is 5.32 Å². The van der Waals surface area contributed by atoms with Gasteiger partial charge in [-0.3, -0.25) is 4.79 Å². The average molecular weight is 263 g/mol. The molecular weight excluding hydrogens is 250 g/mol. The average Bonchev–Trinajstić information content (AvgIpc) is 2.77. The Kier molecular flexibility index (Phi) is 3.13. The zero-order valence-electron chi connectivity index (χ0n) is 11.0. The number of aryl methyl sites for hydroxylation is 1. The Labute approximate surface area is 116 Å². The Bertz CT molecular complexity index is 715. The van der Waals surface area contributed by atoms with Crippen LogP contribution >= 0.6 is 0 Å². The second-order valence-corrected chi connectivity index (χ2v) is 4.60. The smallest absolute Gasteiger partial charge is 0.276 e. The molecule has 2 aromatic carbocycles. The van der Waals surface area contributed by atoms with Crippen molar-refractivity contribution in [1.82, 2.24) is 0 Å². The van der Waals surface area contributed by atoms with Crippen LogP contribution in [0.4, 0.5) is 5.69 Å². The zero-order valence-corrected chi connectivity index (χ0v) is 11.0. The molecule has 0 spiro atoms. The third kappa shape index (κ3) is 2.36. The largest absolute Gasteiger partial charge is 0.320 e. The fraction of sp³-hybridized carbons (Fsp3) is 0.0625. The third-order valence-corrected chi connectivity index (χ3v) is 3.09. The molecule has 1 aliphatic rings. The van der Waals surface area contributed by atoms with E-state index in [1.165, 1.54) is 5.56 Å². The van der Waals surface area contributed by atoms with Crippen LogP contribution in [-0.2, 0) is 4.79 Å². The van der Waals surface area contributed by atoms with E-state index in [2.05, 4.69) is 15.5 Å². The van der Waals surface area contributed by atoms with Gasteiger partial charge < -0.3 is 5.32 Å². The maximum atomic E-state index is 11.8. The van der Waals surface area contributed by atoms with E-state index in [1.807, 2.05) is 55.5 Å². The molecule has 0 saturated heterocycles. The molecule has 1 aliphatic heterocycles. The summed E-state index contributed by atoms with van der Waals surface area (Å²) in [7, 11) is 0. The number of amides is 1. The number of nitrogens with zero attached hydrogens (tertiary/aromatic N) is 2. The van der Waals surface area contributed by atoms with E-state index in [4.69, 9.17) is 0 Å². The number of para-hydroxylation sites is 1. The predicted molar refractivity (Wildman–Crippen MR) is 80.4 cm³/mol. The number of hydrogen-bond donors (Lipinski definition) is 1. The minimum absolute atomic E-state index is 0.216. The SMILES string of the molecule is Cc1ccc(C=NN=C2C(=O)Nc3ccccc32)cc1. The monoisotopic (exact) mass is 263 g/mol. The Balaban J connectivity index is 1.86. The highest BCUT2D eigenvalue weighted by molar-refractivity contribution is 6.53. The Hall–Kier alpha value is -2.75.